The molecule has 1 atom stereocenters. The summed E-state index contributed by atoms with van der Waals surface area (Å²) in [7, 11) is 0. The Labute approximate surface area is 192 Å². The van der Waals surface area contributed by atoms with Gasteiger partial charge >= 0.3 is 0 Å². The summed E-state index contributed by atoms with van der Waals surface area (Å²) in [5.41, 5.74) is 3.22. The van der Waals surface area contributed by atoms with E-state index in [1.165, 1.54) is 0 Å². The highest BCUT2D eigenvalue weighted by molar-refractivity contribution is 7.22. The monoisotopic (exact) mass is 442 g/mol. The maximum absolute atomic E-state index is 13.8. The Morgan fingerprint density at radius 3 is 2.25 bits per heavy atom. The number of hydrogen-bond donors (Lipinski definition) is 0. The van der Waals surface area contributed by atoms with Crippen molar-refractivity contribution in [2.75, 3.05) is 18.1 Å². The fourth-order valence-corrected chi connectivity index (χ4v) is 5.33. The van der Waals surface area contributed by atoms with Gasteiger partial charge in [0.2, 0.25) is 5.91 Å². The lowest BCUT2D eigenvalue weighted by Crippen LogP contribution is -2.38. The minimum absolute atomic E-state index is 0.00808. The number of benzene rings is 3. The lowest BCUT2D eigenvalue weighted by Gasteiger charge is -2.26. The summed E-state index contributed by atoms with van der Waals surface area (Å²) in [5, 5.41) is 0.756. The van der Waals surface area contributed by atoms with E-state index in [2.05, 4.69) is 30.3 Å². The van der Waals surface area contributed by atoms with E-state index in [1.54, 1.807) is 11.3 Å². The van der Waals surface area contributed by atoms with E-state index in [4.69, 9.17) is 9.72 Å². The second-order valence-corrected chi connectivity index (χ2v) is 9.19. The summed E-state index contributed by atoms with van der Waals surface area (Å²) in [6, 6.07) is 28.6. The van der Waals surface area contributed by atoms with E-state index in [1.807, 2.05) is 59.5 Å². The molecule has 1 aliphatic heterocycles. The van der Waals surface area contributed by atoms with Gasteiger partial charge in [-0.15, -0.1) is 0 Å². The second kappa shape index (κ2) is 9.63. The molecule has 1 fully saturated rings. The second-order valence-electron chi connectivity index (χ2n) is 8.18. The molecule has 0 bridgehead atoms. The van der Waals surface area contributed by atoms with Gasteiger partial charge in [0.15, 0.2) is 5.13 Å². The molecule has 0 radical (unpaired) electrons. The lowest BCUT2D eigenvalue weighted by molar-refractivity contribution is -0.119. The van der Waals surface area contributed by atoms with Crippen LogP contribution in [0, 0.1) is 0 Å². The average molecular weight is 443 g/mol. The van der Waals surface area contributed by atoms with Crippen molar-refractivity contribution in [2.24, 2.45) is 0 Å². The van der Waals surface area contributed by atoms with Crippen molar-refractivity contribution in [3.05, 3.63) is 96.1 Å². The van der Waals surface area contributed by atoms with E-state index in [-0.39, 0.29) is 17.9 Å². The van der Waals surface area contributed by atoms with Gasteiger partial charge in [-0.2, -0.15) is 0 Å². The van der Waals surface area contributed by atoms with Crippen LogP contribution in [0.4, 0.5) is 5.13 Å². The first-order valence-electron chi connectivity index (χ1n) is 11.2. The van der Waals surface area contributed by atoms with Gasteiger partial charge in [0.25, 0.3) is 0 Å². The number of carbonyl (C=O) groups excluding carboxylic acids is 1. The Morgan fingerprint density at radius 1 is 0.969 bits per heavy atom. The summed E-state index contributed by atoms with van der Waals surface area (Å²) in [5.74, 6) is 0.0727. The van der Waals surface area contributed by atoms with Gasteiger partial charge < -0.3 is 4.74 Å². The Hall–Kier alpha value is -3.02. The molecule has 0 unspecified atom stereocenters. The van der Waals surface area contributed by atoms with Crippen molar-refractivity contribution in [3.8, 4) is 0 Å². The quantitative estimate of drug-likeness (QED) is 0.351. The van der Waals surface area contributed by atoms with Gasteiger partial charge in [0.05, 0.1) is 22.9 Å². The zero-order valence-corrected chi connectivity index (χ0v) is 18.7. The molecule has 3 aromatic carbocycles. The van der Waals surface area contributed by atoms with Crippen LogP contribution in [-0.4, -0.2) is 30.1 Å². The van der Waals surface area contributed by atoms with E-state index < -0.39 is 0 Å². The molecule has 1 saturated heterocycles. The zero-order chi connectivity index (χ0) is 21.8. The van der Waals surface area contributed by atoms with Crippen LogP contribution in [0.5, 0.6) is 0 Å². The van der Waals surface area contributed by atoms with Gasteiger partial charge in [0.1, 0.15) is 0 Å². The molecule has 2 heterocycles. The maximum Gasteiger partial charge on any atom is 0.229 e. The third-order valence-corrected chi connectivity index (χ3v) is 7.07. The average Bonchev–Trinajstić information content (AvgIpc) is 3.51. The third-order valence-electron chi connectivity index (χ3n) is 6.01. The smallest absolute Gasteiger partial charge is 0.229 e. The van der Waals surface area contributed by atoms with Crippen LogP contribution in [0.3, 0.4) is 0 Å². The van der Waals surface area contributed by atoms with E-state index in [9.17, 15) is 4.79 Å². The molecule has 5 heteroatoms. The third kappa shape index (κ3) is 4.59. The topological polar surface area (TPSA) is 42.4 Å². The summed E-state index contributed by atoms with van der Waals surface area (Å²) < 4.78 is 6.98. The number of anilines is 1. The molecule has 4 aromatic rings. The number of aromatic nitrogens is 1. The number of carbonyl (C=O) groups is 1. The van der Waals surface area contributed by atoms with Crippen molar-refractivity contribution in [2.45, 2.75) is 31.3 Å². The van der Waals surface area contributed by atoms with E-state index >= 15 is 0 Å². The summed E-state index contributed by atoms with van der Waals surface area (Å²) >= 11 is 1.57. The Balaban J connectivity index is 1.47. The van der Waals surface area contributed by atoms with Gasteiger partial charge in [-0.1, -0.05) is 84.1 Å². The number of hydrogen-bond acceptors (Lipinski definition) is 4. The predicted molar refractivity (Wildman–Crippen MR) is 130 cm³/mol. The fourth-order valence-electron chi connectivity index (χ4n) is 4.34. The number of para-hydroxylation sites is 1. The minimum Gasteiger partial charge on any atom is -0.376 e. The summed E-state index contributed by atoms with van der Waals surface area (Å²) in [4.78, 5) is 20.5. The van der Waals surface area contributed by atoms with Crippen LogP contribution in [0.1, 0.15) is 36.3 Å². The molecule has 5 rings (SSSR count). The van der Waals surface area contributed by atoms with Crippen molar-refractivity contribution in [1.82, 2.24) is 4.98 Å². The number of thiazole rings is 1. The largest absolute Gasteiger partial charge is 0.376 e. The molecule has 1 aromatic heterocycles. The Bertz CT molecular complexity index is 1100. The van der Waals surface area contributed by atoms with Crippen LogP contribution >= 0.6 is 11.3 Å². The van der Waals surface area contributed by atoms with Crippen LogP contribution < -0.4 is 4.90 Å². The highest BCUT2D eigenvalue weighted by Crippen LogP contribution is 2.33. The number of rotatable bonds is 7. The van der Waals surface area contributed by atoms with E-state index in [0.29, 0.717) is 13.0 Å². The van der Waals surface area contributed by atoms with Gasteiger partial charge in [0, 0.05) is 18.9 Å². The minimum atomic E-state index is -0.00808. The SMILES string of the molecule is O=C(CC(c1ccccc1)c1ccccc1)N(C[C@@H]1CCCO1)c1nc2ccccc2s1. The molecule has 32 heavy (non-hydrogen) atoms. The van der Waals surface area contributed by atoms with Crippen molar-refractivity contribution >= 4 is 32.6 Å². The highest BCUT2D eigenvalue weighted by atomic mass is 32.1. The van der Waals surface area contributed by atoms with Gasteiger partial charge in [-0.3, -0.25) is 9.69 Å². The highest BCUT2D eigenvalue weighted by Gasteiger charge is 2.28. The molecular weight excluding hydrogens is 416 g/mol. The normalized spacial score (nSPS) is 16.0. The standard InChI is InChI=1S/C27H26N2O2S/c30-26(18-23(20-10-3-1-4-11-20)21-12-5-2-6-13-21)29(19-22-14-9-17-31-22)27-28-24-15-7-8-16-25(24)32-27/h1-8,10-13,15-16,22-23H,9,14,17-19H2/t22-/m0/s1. The van der Waals surface area contributed by atoms with Crippen molar-refractivity contribution < 1.29 is 9.53 Å². The molecule has 1 amide bonds. The maximum atomic E-state index is 13.8. The molecule has 162 valence electrons. The lowest BCUT2D eigenvalue weighted by atomic mass is 9.88. The molecule has 0 aliphatic carbocycles. The van der Waals surface area contributed by atoms with Crippen LogP contribution in [0.25, 0.3) is 10.2 Å². The molecule has 0 spiro atoms. The summed E-state index contributed by atoms with van der Waals surface area (Å²) in [6.45, 7) is 1.32. The van der Waals surface area contributed by atoms with Crippen molar-refractivity contribution in [3.63, 3.8) is 0 Å². The Morgan fingerprint density at radius 2 is 1.62 bits per heavy atom. The first kappa shape index (κ1) is 20.9. The zero-order valence-electron chi connectivity index (χ0n) is 17.9. The predicted octanol–water partition coefficient (Wildman–Crippen LogP) is 6.03. The van der Waals surface area contributed by atoms with E-state index in [0.717, 1.165) is 45.9 Å². The first-order valence-corrected chi connectivity index (χ1v) is 12.0. The van der Waals surface area contributed by atoms with Crippen LogP contribution in [-0.2, 0) is 9.53 Å². The van der Waals surface area contributed by atoms with Gasteiger partial charge in [-0.05, 0) is 36.1 Å². The number of nitrogens with zero attached hydrogens (tertiary/aromatic N) is 2. The molecule has 1 aliphatic rings. The molecular formula is C27H26N2O2S. The number of fused-ring (bicyclic) bond motifs is 1. The number of ether oxygens (including phenoxy) is 1. The first-order chi connectivity index (χ1) is 15.8. The van der Waals surface area contributed by atoms with Crippen molar-refractivity contribution in [1.29, 1.82) is 0 Å². The summed E-state index contributed by atoms with van der Waals surface area (Å²) in [6.07, 6.45) is 2.48. The Kier molecular flexibility index (Phi) is 6.28. The van der Waals surface area contributed by atoms with Crippen LogP contribution in [0.15, 0.2) is 84.9 Å². The number of amides is 1. The molecule has 0 saturated carbocycles. The van der Waals surface area contributed by atoms with Gasteiger partial charge in [-0.25, -0.2) is 4.98 Å². The molecule has 4 nitrogen and oxygen atoms in total. The fraction of sp³-hybridized carbons (Fsp3) is 0.259. The van der Waals surface area contributed by atoms with Crippen LogP contribution in [0.2, 0.25) is 0 Å². The molecule has 0 N–H and O–H groups in total.